The highest BCUT2D eigenvalue weighted by molar-refractivity contribution is 5.46. The molecule has 5 nitrogen and oxygen atoms in total. The molecular weight excluding hydrogens is 258 g/mol. The Morgan fingerprint density at radius 1 is 1.20 bits per heavy atom. The smallest absolute Gasteiger partial charge is 0.162 e. The fourth-order valence-electron chi connectivity index (χ4n) is 1.50. The van der Waals surface area contributed by atoms with Crippen LogP contribution in [0.4, 0.5) is 0 Å². The number of hydrogen-bond donors (Lipinski definition) is 1. The first kappa shape index (κ1) is 16.3. The molecule has 0 heterocycles. The molecule has 5 heteroatoms. The lowest BCUT2D eigenvalue weighted by Gasteiger charge is -2.16. The van der Waals surface area contributed by atoms with Gasteiger partial charge >= 0.3 is 0 Å². The Balaban J connectivity index is 2.60. The molecule has 0 aliphatic heterocycles. The summed E-state index contributed by atoms with van der Waals surface area (Å²) in [5, 5.41) is 18.6. The van der Waals surface area contributed by atoms with Crippen LogP contribution in [0.3, 0.4) is 0 Å². The average molecular weight is 279 g/mol. The largest absolute Gasteiger partial charge is 0.490 e. The molecule has 0 aliphatic carbocycles. The topological polar surface area (TPSA) is 71.7 Å². The van der Waals surface area contributed by atoms with Crippen molar-refractivity contribution in [2.45, 2.75) is 33.0 Å². The lowest BCUT2D eigenvalue weighted by atomic mass is 10.2. The standard InChI is InChI=1S/C15H21NO4/c1-4-18-15-7-12(8-16)5-6-14(15)20-10-13(17)9-19-11(2)3/h5-7,11,13,17H,4,9-10H2,1-3H3. The fourth-order valence-corrected chi connectivity index (χ4v) is 1.50. The van der Waals surface area contributed by atoms with E-state index in [0.717, 1.165) is 0 Å². The predicted octanol–water partition coefficient (Wildman–Crippen LogP) is 2.12. The van der Waals surface area contributed by atoms with Gasteiger partial charge < -0.3 is 19.3 Å². The van der Waals surface area contributed by atoms with Gasteiger partial charge in [0, 0.05) is 6.07 Å². The van der Waals surface area contributed by atoms with Gasteiger partial charge in [0.05, 0.1) is 31.0 Å². The summed E-state index contributed by atoms with van der Waals surface area (Å²) in [5.74, 6) is 1.01. The highest BCUT2D eigenvalue weighted by atomic mass is 16.5. The molecule has 0 aromatic heterocycles. The summed E-state index contributed by atoms with van der Waals surface area (Å²) in [4.78, 5) is 0. The van der Waals surface area contributed by atoms with Gasteiger partial charge in [-0.3, -0.25) is 0 Å². The molecule has 1 unspecified atom stereocenters. The van der Waals surface area contributed by atoms with E-state index in [0.29, 0.717) is 23.7 Å². The minimum atomic E-state index is -0.706. The zero-order valence-electron chi connectivity index (χ0n) is 12.1. The van der Waals surface area contributed by atoms with E-state index in [1.807, 2.05) is 26.8 Å². The molecule has 0 radical (unpaired) electrons. The van der Waals surface area contributed by atoms with E-state index in [2.05, 4.69) is 0 Å². The molecule has 0 saturated heterocycles. The number of benzene rings is 1. The first-order valence-corrected chi connectivity index (χ1v) is 6.66. The van der Waals surface area contributed by atoms with Crippen LogP contribution in [0.5, 0.6) is 11.5 Å². The van der Waals surface area contributed by atoms with Gasteiger partial charge in [-0.15, -0.1) is 0 Å². The second-order valence-electron chi connectivity index (χ2n) is 4.55. The Morgan fingerprint density at radius 3 is 2.55 bits per heavy atom. The predicted molar refractivity (Wildman–Crippen MR) is 74.9 cm³/mol. The van der Waals surface area contributed by atoms with Gasteiger partial charge in [-0.2, -0.15) is 5.26 Å². The second kappa shape index (κ2) is 8.41. The van der Waals surface area contributed by atoms with Crippen molar-refractivity contribution in [2.75, 3.05) is 19.8 Å². The summed E-state index contributed by atoms with van der Waals surface area (Å²) in [6.07, 6.45) is -0.638. The molecule has 110 valence electrons. The maximum absolute atomic E-state index is 9.74. The highest BCUT2D eigenvalue weighted by Crippen LogP contribution is 2.28. The van der Waals surface area contributed by atoms with Gasteiger partial charge in [-0.05, 0) is 32.9 Å². The fraction of sp³-hybridized carbons (Fsp3) is 0.533. The molecular formula is C15H21NO4. The molecule has 0 fully saturated rings. The number of aliphatic hydroxyl groups is 1. The molecule has 20 heavy (non-hydrogen) atoms. The van der Waals surface area contributed by atoms with Crippen LogP contribution in [0.15, 0.2) is 18.2 Å². The molecule has 0 amide bonds. The number of ether oxygens (including phenoxy) is 3. The Labute approximate surface area is 119 Å². The summed E-state index contributed by atoms with van der Waals surface area (Å²) in [5.41, 5.74) is 0.504. The first-order chi connectivity index (χ1) is 9.56. The minimum Gasteiger partial charge on any atom is -0.490 e. The van der Waals surface area contributed by atoms with Gasteiger partial charge in [0.1, 0.15) is 12.7 Å². The van der Waals surface area contributed by atoms with Crippen LogP contribution in [0.2, 0.25) is 0 Å². The molecule has 1 aromatic carbocycles. The minimum absolute atomic E-state index is 0.0681. The van der Waals surface area contributed by atoms with Crippen molar-refractivity contribution in [1.82, 2.24) is 0 Å². The van der Waals surface area contributed by atoms with Gasteiger partial charge in [-0.25, -0.2) is 0 Å². The highest BCUT2D eigenvalue weighted by Gasteiger charge is 2.11. The van der Waals surface area contributed by atoms with Gasteiger partial charge in [0.15, 0.2) is 11.5 Å². The third-order valence-corrected chi connectivity index (χ3v) is 2.43. The van der Waals surface area contributed by atoms with E-state index in [9.17, 15) is 5.11 Å². The van der Waals surface area contributed by atoms with Crippen LogP contribution in [0, 0.1) is 11.3 Å². The normalized spacial score (nSPS) is 12.0. The summed E-state index contributed by atoms with van der Waals surface area (Å²) >= 11 is 0. The van der Waals surface area contributed by atoms with Crippen molar-refractivity contribution in [1.29, 1.82) is 5.26 Å². The van der Waals surface area contributed by atoms with Crippen LogP contribution in [-0.2, 0) is 4.74 Å². The number of nitrogens with zero attached hydrogens (tertiary/aromatic N) is 1. The average Bonchev–Trinajstić information content (AvgIpc) is 2.43. The molecule has 0 spiro atoms. The third kappa shape index (κ3) is 5.47. The zero-order valence-corrected chi connectivity index (χ0v) is 12.1. The van der Waals surface area contributed by atoms with Crippen LogP contribution in [-0.4, -0.2) is 37.1 Å². The molecule has 1 aromatic rings. The quantitative estimate of drug-likeness (QED) is 0.789. The van der Waals surface area contributed by atoms with E-state index < -0.39 is 6.10 Å². The van der Waals surface area contributed by atoms with Crippen molar-refractivity contribution in [3.8, 4) is 17.6 Å². The zero-order chi connectivity index (χ0) is 15.0. The maximum Gasteiger partial charge on any atom is 0.162 e. The molecule has 0 aliphatic rings. The Bertz CT molecular complexity index is 454. The summed E-state index contributed by atoms with van der Waals surface area (Å²) in [6.45, 7) is 6.47. The van der Waals surface area contributed by atoms with E-state index in [1.54, 1.807) is 18.2 Å². The van der Waals surface area contributed by atoms with Gasteiger partial charge in [0.25, 0.3) is 0 Å². The molecule has 1 atom stereocenters. The molecule has 0 saturated carbocycles. The number of nitriles is 1. The number of rotatable bonds is 8. The summed E-state index contributed by atoms with van der Waals surface area (Å²) in [6, 6.07) is 6.98. The number of aliphatic hydroxyl groups excluding tert-OH is 1. The SMILES string of the molecule is CCOc1cc(C#N)ccc1OCC(O)COC(C)C. The van der Waals surface area contributed by atoms with Crippen molar-refractivity contribution in [3.63, 3.8) is 0 Å². The van der Waals surface area contributed by atoms with Crippen LogP contribution in [0.1, 0.15) is 26.3 Å². The van der Waals surface area contributed by atoms with Gasteiger partial charge in [0.2, 0.25) is 0 Å². The molecule has 0 bridgehead atoms. The lowest BCUT2D eigenvalue weighted by molar-refractivity contribution is -0.0126. The van der Waals surface area contributed by atoms with Crippen LogP contribution >= 0.6 is 0 Å². The van der Waals surface area contributed by atoms with Crippen LogP contribution in [0.25, 0.3) is 0 Å². The first-order valence-electron chi connectivity index (χ1n) is 6.66. The van der Waals surface area contributed by atoms with Crippen molar-refractivity contribution < 1.29 is 19.3 Å². The maximum atomic E-state index is 9.74. The van der Waals surface area contributed by atoms with Crippen LogP contribution < -0.4 is 9.47 Å². The lowest BCUT2D eigenvalue weighted by Crippen LogP contribution is -2.25. The molecule has 1 N–H and O–H groups in total. The van der Waals surface area contributed by atoms with Crippen molar-refractivity contribution in [2.24, 2.45) is 0 Å². The van der Waals surface area contributed by atoms with E-state index in [1.165, 1.54) is 0 Å². The number of hydrogen-bond acceptors (Lipinski definition) is 5. The van der Waals surface area contributed by atoms with Crippen molar-refractivity contribution in [3.05, 3.63) is 23.8 Å². The van der Waals surface area contributed by atoms with E-state index in [4.69, 9.17) is 19.5 Å². The van der Waals surface area contributed by atoms with E-state index >= 15 is 0 Å². The summed E-state index contributed by atoms with van der Waals surface area (Å²) < 4.78 is 16.2. The summed E-state index contributed by atoms with van der Waals surface area (Å²) in [7, 11) is 0. The second-order valence-corrected chi connectivity index (χ2v) is 4.55. The van der Waals surface area contributed by atoms with Crippen molar-refractivity contribution >= 4 is 0 Å². The Kier molecular flexibility index (Phi) is 6.85. The van der Waals surface area contributed by atoms with E-state index in [-0.39, 0.29) is 19.3 Å². The Hall–Kier alpha value is -1.77. The molecule has 1 rings (SSSR count). The monoisotopic (exact) mass is 279 g/mol. The van der Waals surface area contributed by atoms with Gasteiger partial charge in [-0.1, -0.05) is 0 Å². The third-order valence-electron chi connectivity index (χ3n) is 2.43. The Morgan fingerprint density at radius 2 is 1.95 bits per heavy atom.